The van der Waals surface area contributed by atoms with E-state index in [9.17, 15) is 19.8 Å². The van der Waals surface area contributed by atoms with Gasteiger partial charge in [0.15, 0.2) is 5.60 Å². The first-order valence-electron chi connectivity index (χ1n) is 15.9. The highest BCUT2D eigenvalue weighted by molar-refractivity contribution is 6.00. The standard InChI is InChI=1S/C40H33NO6/c1-23-4-3-5-31(24(23)2)27-8-6-25(7-9-27)26-16-18-41(19-17-26)38(44)28-10-13-32-35(20-28)40(47-39(32)45)33-14-11-29(42)21-36(33)46-37-22-30(43)12-15-34(37)40/h3-15,20-22,26,42-43H,16-19H2,1-2H3. The Bertz CT molecular complexity index is 2040. The van der Waals surface area contributed by atoms with Crippen LogP contribution in [0.5, 0.6) is 23.0 Å². The highest BCUT2D eigenvalue weighted by Gasteiger charge is 2.54. The Morgan fingerprint density at radius 2 is 1.43 bits per heavy atom. The number of aryl methyl sites for hydroxylation is 1. The molecule has 2 N–H and O–H groups in total. The van der Waals surface area contributed by atoms with Crippen LogP contribution in [-0.4, -0.2) is 40.1 Å². The van der Waals surface area contributed by atoms with Gasteiger partial charge >= 0.3 is 5.97 Å². The SMILES string of the molecule is Cc1cccc(-c2ccc(C3CCN(C(=O)c4ccc5c(c4)C4(OC5=O)c5ccc(O)cc5Oc5cc(O)ccc54)CC3)cc2)c1C. The number of benzene rings is 5. The van der Waals surface area contributed by atoms with Crippen LogP contribution < -0.4 is 4.74 Å². The van der Waals surface area contributed by atoms with Gasteiger partial charge in [-0.2, -0.15) is 0 Å². The molecule has 0 radical (unpaired) electrons. The summed E-state index contributed by atoms with van der Waals surface area (Å²) in [5.74, 6) is 0.296. The van der Waals surface area contributed by atoms with E-state index in [1.807, 2.05) is 4.90 Å². The van der Waals surface area contributed by atoms with Gasteiger partial charge in [0.05, 0.1) is 5.56 Å². The van der Waals surface area contributed by atoms with Crippen LogP contribution in [0.15, 0.2) is 97.1 Å². The maximum atomic E-state index is 13.9. The number of fused-ring (bicyclic) bond motifs is 6. The molecule has 1 saturated heterocycles. The third-order valence-corrected chi connectivity index (χ3v) is 10.1. The molecule has 0 aromatic heterocycles. The zero-order valence-electron chi connectivity index (χ0n) is 26.1. The number of esters is 1. The molecule has 0 aliphatic carbocycles. The molecule has 0 bridgehead atoms. The van der Waals surface area contributed by atoms with Gasteiger partial charge in [0, 0.05) is 47.5 Å². The van der Waals surface area contributed by atoms with Gasteiger partial charge in [-0.05, 0) is 103 Å². The number of phenolic OH excluding ortho intramolecular Hbond substituents is 2. The highest BCUT2D eigenvalue weighted by atomic mass is 16.6. The van der Waals surface area contributed by atoms with Crippen molar-refractivity contribution in [2.24, 2.45) is 0 Å². The molecule has 7 heteroatoms. The minimum absolute atomic E-state index is 0.0169. The van der Waals surface area contributed by atoms with Crippen LogP contribution in [0.3, 0.4) is 0 Å². The molecule has 1 spiro atoms. The lowest BCUT2D eigenvalue weighted by atomic mass is 9.77. The van der Waals surface area contributed by atoms with E-state index >= 15 is 0 Å². The molecule has 0 unspecified atom stereocenters. The van der Waals surface area contributed by atoms with Gasteiger partial charge in [-0.25, -0.2) is 4.79 Å². The number of piperidine rings is 1. The van der Waals surface area contributed by atoms with Crippen LogP contribution in [0.4, 0.5) is 0 Å². The quantitative estimate of drug-likeness (QED) is 0.198. The van der Waals surface area contributed by atoms with E-state index in [4.69, 9.17) is 9.47 Å². The molecule has 8 rings (SSSR count). The van der Waals surface area contributed by atoms with E-state index in [1.54, 1.807) is 30.3 Å². The van der Waals surface area contributed by atoms with Gasteiger partial charge in [0.1, 0.15) is 23.0 Å². The summed E-state index contributed by atoms with van der Waals surface area (Å²) in [4.78, 5) is 29.2. The summed E-state index contributed by atoms with van der Waals surface area (Å²) in [6, 6.07) is 29.6. The Balaban J connectivity index is 1.07. The van der Waals surface area contributed by atoms with Crippen LogP contribution in [-0.2, 0) is 10.3 Å². The maximum Gasteiger partial charge on any atom is 0.340 e. The van der Waals surface area contributed by atoms with Crippen molar-refractivity contribution in [2.45, 2.75) is 38.2 Å². The molecule has 5 aromatic carbocycles. The molecule has 7 nitrogen and oxygen atoms in total. The van der Waals surface area contributed by atoms with E-state index in [0.717, 1.165) is 12.8 Å². The smallest absolute Gasteiger partial charge is 0.340 e. The molecule has 0 saturated carbocycles. The predicted molar refractivity (Wildman–Crippen MR) is 177 cm³/mol. The lowest BCUT2D eigenvalue weighted by molar-refractivity contribution is 0.0224. The second-order valence-corrected chi connectivity index (χ2v) is 12.7. The molecule has 3 aliphatic heterocycles. The van der Waals surface area contributed by atoms with Crippen LogP contribution in [0.2, 0.25) is 0 Å². The number of hydrogen-bond donors (Lipinski definition) is 2. The summed E-state index contributed by atoms with van der Waals surface area (Å²) >= 11 is 0. The molecular formula is C40H33NO6. The monoisotopic (exact) mass is 623 g/mol. The summed E-state index contributed by atoms with van der Waals surface area (Å²) in [7, 11) is 0. The number of hydrogen-bond acceptors (Lipinski definition) is 6. The molecule has 3 heterocycles. The van der Waals surface area contributed by atoms with Crippen molar-refractivity contribution in [3.8, 4) is 34.1 Å². The number of carbonyl (C=O) groups excluding carboxylic acids is 2. The van der Waals surface area contributed by atoms with Gasteiger partial charge in [0.2, 0.25) is 0 Å². The number of likely N-dealkylation sites (tertiary alicyclic amines) is 1. The average molecular weight is 624 g/mol. The predicted octanol–water partition coefficient (Wildman–Crippen LogP) is 7.97. The number of aromatic hydroxyl groups is 2. The first kappa shape index (κ1) is 28.9. The second kappa shape index (κ2) is 10.8. The van der Waals surface area contributed by atoms with Crippen LogP contribution >= 0.6 is 0 Å². The summed E-state index contributed by atoms with van der Waals surface area (Å²) in [5, 5.41) is 20.4. The van der Waals surface area contributed by atoms with Crippen molar-refractivity contribution in [3.05, 3.63) is 142 Å². The summed E-state index contributed by atoms with van der Waals surface area (Å²) in [5.41, 5.74) is 7.30. The maximum absolute atomic E-state index is 13.9. The molecule has 1 fully saturated rings. The van der Waals surface area contributed by atoms with E-state index < -0.39 is 11.6 Å². The molecule has 47 heavy (non-hydrogen) atoms. The topological polar surface area (TPSA) is 96.3 Å². The molecule has 3 aliphatic rings. The zero-order valence-corrected chi connectivity index (χ0v) is 26.1. The number of carbonyl (C=O) groups is 2. The van der Waals surface area contributed by atoms with Crippen LogP contribution in [0, 0.1) is 13.8 Å². The highest BCUT2D eigenvalue weighted by Crippen LogP contribution is 2.57. The first-order chi connectivity index (χ1) is 22.7. The van der Waals surface area contributed by atoms with Crippen molar-refractivity contribution in [2.75, 3.05) is 13.1 Å². The van der Waals surface area contributed by atoms with Crippen molar-refractivity contribution in [1.29, 1.82) is 0 Å². The number of rotatable bonds is 3. The third-order valence-electron chi connectivity index (χ3n) is 10.1. The average Bonchev–Trinajstić information content (AvgIpc) is 3.37. The largest absolute Gasteiger partial charge is 0.508 e. The van der Waals surface area contributed by atoms with Gasteiger partial charge < -0.3 is 24.6 Å². The number of amides is 1. The summed E-state index contributed by atoms with van der Waals surface area (Å²) in [6.07, 6.45) is 1.71. The Morgan fingerprint density at radius 3 is 2.09 bits per heavy atom. The third kappa shape index (κ3) is 4.56. The van der Waals surface area contributed by atoms with E-state index in [2.05, 4.69) is 56.3 Å². The van der Waals surface area contributed by atoms with Gasteiger partial charge in [-0.1, -0.05) is 42.5 Å². The molecule has 0 atom stereocenters. The Labute approximate surface area is 272 Å². The van der Waals surface area contributed by atoms with E-state index in [1.165, 1.54) is 52.1 Å². The number of phenols is 2. The lowest BCUT2D eigenvalue weighted by Gasteiger charge is -2.36. The number of nitrogens with zero attached hydrogens (tertiary/aromatic N) is 1. The molecular weight excluding hydrogens is 590 g/mol. The van der Waals surface area contributed by atoms with Crippen molar-refractivity contribution < 1.29 is 29.3 Å². The summed E-state index contributed by atoms with van der Waals surface area (Å²) in [6.45, 7) is 5.55. The van der Waals surface area contributed by atoms with Gasteiger partial charge in [0.25, 0.3) is 5.91 Å². The van der Waals surface area contributed by atoms with Gasteiger partial charge in [-0.3, -0.25) is 4.79 Å². The fraction of sp³-hybridized carbons (Fsp3) is 0.200. The first-order valence-corrected chi connectivity index (χ1v) is 15.9. The lowest BCUT2D eigenvalue weighted by Crippen LogP contribution is -2.38. The molecule has 234 valence electrons. The normalized spacial score (nSPS) is 16.2. The minimum Gasteiger partial charge on any atom is -0.508 e. The van der Waals surface area contributed by atoms with Crippen LogP contribution in [0.25, 0.3) is 11.1 Å². The molecule has 1 amide bonds. The molecule has 5 aromatic rings. The van der Waals surface area contributed by atoms with Crippen molar-refractivity contribution >= 4 is 11.9 Å². The van der Waals surface area contributed by atoms with E-state index in [-0.39, 0.29) is 17.4 Å². The Morgan fingerprint density at radius 1 is 0.766 bits per heavy atom. The zero-order chi connectivity index (χ0) is 32.4. The fourth-order valence-corrected chi connectivity index (χ4v) is 7.43. The van der Waals surface area contributed by atoms with Crippen molar-refractivity contribution in [1.82, 2.24) is 4.90 Å². The van der Waals surface area contributed by atoms with Crippen LogP contribution in [0.1, 0.15) is 72.9 Å². The van der Waals surface area contributed by atoms with Gasteiger partial charge in [-0.15, -0.1) is 0 Å². The Kier molecular flexibility index (Phi) is 6.62. The second-order valence-electron chi connectivity index (χ2n) is 12.7. The minimum atomic E-state index is -1.41. The van der Waals surface area contributed by atoms with Crippen molar-refractivity contribution in [3.63, 3.8) is 0 Å². The summed E-state index contributed by atoms with van der Waals surface area (Å²) < 4.78 is 12.2. The fourth-order valence-electron chi connectivity index (χ4n) is 7.43. The Hall–Kier alpha value is -5.56. The van der Waals surface area contributed by atoms with E-state index in [0.29, 0.717) is 58.3 Å². The number of ether oxygens (including phenoxy) is 2.